The van der Waals surface area contributed by atoms with E-state index in [-0.39, 0.29) is 5.54 Å². The van der Waals surface area contributed by atoms with E-state index in [0.29, 0.717) is 13.0 Å². The molecule has 3 nitrogen and oxygen atoms in total. The monoisotopic (exact) mass is 277 g/mol. The Balaban J connectivity index is 2.13. The zero-order valence-corrected chi connectivity index (χ0v) is 12.8. The van der Waals surface area contributed by atoms with Crippen LogP contribution in [0.15, 0.2) is 24.3 Å². The highest BCUT2D eigenvalue weighted by Gasteiger charge is 2.17. The van der Waals surface area contributed by atoms with E-state index in [1.165, 1.54) is 0 Å². The van der Waals surface area contributed by atoms with Crippen molar-refractivity contribution >= 4 is 10.9 Å². The molecular formula is C16H24FN3. The molecule has 0 amide bonds. The minimum atomic E-state index is -0.919. The predicted molar refractivity (Wildman–Crippen MR) is 81.8 cm³/mol. The normalized spacial score (nSPS) is 13.8. The van der Waals surface area contributed by atoms with E-state index >= 15 is 0 Å². The average molecular weight is 277 g/mol. The van der Waals surface area contributed by atoms with Crippen molar-refractivity contribution < 1.29 is 4.39 Å². The molecular weight excluding hydrogens is 253 g/mol. The lowest BCUT2D eigenvalue weighted by molar-refractivity contribution is 0.283. The van der Waals surface area contributed by atoms with Crippen molar-refractivity contribution in [3.05, 3.63) is 30.0 Å². The standard InChI is InChI=1S/C16H24FN3/c1-5-20-15-9-7-6-8-13(15)14(19-20)10-12(17)11-18-16(2,3)4/h6-9,12,18H,5,10-11H2,1-4H3. The van der Waals surface area contributed by atoms with Gasteiger partial charge in [-0.25, -0.2) is 4.39 Å². The lowest BCUT2D eigenvalue weighted by Crippen LogP contribution is -2.40. The topological polar surface area (TPSA) is 29.9 Å². The Kier molecular flexibility index (Phi) is 4.43. The van der Waals surface area contributed by atoms with Crippen molar-refractivity contribution in [2.75, 3.05) is 6.54 Å². The van der Waals surface area contributed by atoms with Crippen LogP contribution in [0.2, 0.25) is 0 Å². The summed E-state index contributed by atoms with van der Waals surface area (Å²) in [7, 11) is 0. The number of para-hydroxylation sites is 1. The molecule has 0 spiro atoms. The summed E-state index contributed by atoms with van der Waals surface area (Å²) in [6.45, 7) is 9.34. The summed E-state index contributed by atoms with van der Waals surface area (Å²) in [5.41, 5.74) is 1.88. The first-order valence-corrected chi connectivity index (χ1v) is 7.24. The number of halogens is 1. The van der Waals surface area contributed by atoms with Crippen molar-refractivity contribution in [3.63, 3.8) is 0 Å². The van der Waals surface area contributed by atoms with E-state index in [1.807, 2.05) is 49.7 Å². The Hall–Kier alpha value is -1.42. The molecule has 0 aliphatic rings. The number of rotatable bonds is 5. The van der Waals surface area contributed by atoms with Crippen molar-refractivity contribution in [1.82, 2.24) is 15.1 Å². The molecule has 1 atom stereocenters. The van der Waals surface area contributed by atoms with Gasteiger partial charge in [-0.05, 0) is 33.8 Å². The molecule has 110 valence electrons. The number of fused-ring (bicyclic) bond motifs is 1. The van der Waals surface area contributed by atoms with Crippen LogP contribution in [0.25, 0.3) is 10.9 Å². The van der Waals surface area contributed by atoms with E-state index in [9.17, 15) is 4.39 Å². The van der Waals surface area contributed by atoms with Crippen LogP contribution in [0.3, 0.4) is 0 Å². The van der Waals surface area contributed by atoms with Gasteiger partial charge < -0.3 is 5.32 Å². The van der Waals surface area contributed by atoms with E-state index in [4.69, 9.17) is 0 Å². The van der Waals surface area contributed by atoms with Gasteiger partial charge in [0.15, 0.2) is 0 Å². The second-order valence-electron chi connectivity index (χ2n) is 6.21. The maximum Gasteiger partial charge on any atom is 0.118 e. The Morgan fingerprint density at radius 1 is 1.30 bits per heavy atom. The van der Waals surface area contributed by atoms with E-state index in [1.54, 1.807) is 0 Å². The fourth-order valence-electron chi connectivity index (χ4n) is 2.29. The van der Waals surface area contributed by atoms with Gasteiger partial charge in [0.25, 0.3) is 0 Å². The van der Waals surface area contributed by atoms with Crippen molar-refractivity contribution in [3.8, 4) is 0 Å². The molecule has 1 aromatic carbocycles. The summed E-state index contributed by atoms with van der Waals surface area (Å²) < 4.78 is 16.1. The number of hydrogen-bond acceptors (Lipinski definition) is 2. The van der Waals surface area contributed by atoms with Crippen LogP contribution in [0.1, 0.15) is 33.4 Å². The molecule has 0 fully saturated rings. The second kappa shape index (κ2) is 5.92. The third-order valence-electron chi connectivity index (χ3n) is 3.30. The van der Waals surface area contributed by atoms with Crippen molar-refractivity contribution in [1.29, 1.82) is 0 Å². The molecule has 1 N–H and O–H groups in total. The highest BCUT2D eigenvalue weighted by Crippen LogP contribution is 2.20. The van der Waals surface area contributed by atoms with Crippen LogP contribution in [-0.4, -0.2) is 28.0 Å². The van der Waals surface area contributed by atoms with E-state index in [0.717, 1.165) is 23.1 Å². The largest absolute Gasteiger partial charge is 0.309 e. The Labute approximate surface area is 120 Å². The third-order valence-corrected chi connectivity index (χ3v) is 3.30. The highest BCUT2D eigenvalue weighted by atomic mass is 19.1. The van der Waals surface area contributed by atoms with Gasteiger partial charge in [-0.3, -0.25) is 4.68 Å². The molecule has 2 aromatic rings. The summed E-state index contributed by atoms with van der Waals surface area (Å²) in [6.07, 6.45) is -0.561. The van der Waals surface area contributed by atoms with Crippen LogP contribution in [0.4, 0.5) is 4.39 Å². The quantitative estimate of drug-likeness (QED) is 0.908. The Bertz CT molecular complexity index is 569. The predicted octanol–water partition coefficient (Wildman–Crippen LogP) is 3.32. The lowest BCUT2D eigenvalue weighted by atomic mass is 10.1. The Morgan fingerprint density at radius 3 is 2.65 bits per heavy atom. The van der Waals surface area contributed by atoms with Crippen LogP contribution in [-0.2, 0) is 13.0 Å². The minimum absolute atomic E-state index is 0.0603. The summed E-state index contributed by atoms with van der Waals surface area (Å²) in [5.74, 6) is 0. The number of nitrogens with one attached hydrogen (secondary N) is 1. The fraction of sp³-hybridized carbons (Fsp3) is 0.562. The summed E-state index contributed by atoms with van der Waals surface area (Å²) in [4.78, 5) is 0. The number of aromatic nitrogens is 2. The minimum Gasteiger partial charge on any atom is -0.309 e. The molecule has 0 aliphatic carbocycles. The van der Waals surface area contributed by atoms with Crippen LogP contribution in [0.5, 0.6) is 0 Å². The number of benzene rings is 1. The first-order valence-electron chi connectivity index (χ1n) is 7.24. The van der Waals surface area contributed by atoms with E-state index in [2.05, 4.69) is 17.3 Å². The van der Waals surface area contributed by atoms with Gasteiger partial charge >= 0.3 is 0 Å². The van der Waals surface area contributed by atoms with Crippen molar-refractivity contribution in [2.45, 2.75) is 52.4 Å². The molecule has 0 radical (unpaired) electrons. The van der Waals surface area contributed by atoms with E-state index < -0.39 is 6.17 Å². The molecule has 1 unspecified atom stereocenters. The molecule has 0 saturated heterocycles. The number of alkyl halides is 1. The lowest BCUT2D eigenvalue weighted by Gasteiger charge is -2.21. The van der Waals surface area contributed by atoms with Gasteiger partial charge in [0.05, 0.1) is 11.2 Å². The molecule has 0 aliphatic heterocycles. The molecule has 20 heavy (non-hydrogen) atoms. The zero-order valence-electron chi connectivity index (χ0n) is 12.8. The van der Waals surface area contributed by atoms with Gasteiger partial charge in [-0.2, -0.15) is 5.10 Å². The number of aryl methyl sites for hydroxylation is 1. The number of hydrogen-bond donors (Lipinski definition) is 1. The van der Waals surface area contributed by atoms with Crippen molar-refractivity contribution in [2.24, 2.45) is 0 Å². The van der Waals surface area contributed by atoms with Gasteiger partial charge in [-0.1, -0.05) is 18.2 Å². The maximum absolute atomic E-state index is 14.1. The van der Waals surface area contributed by atoms with Gasteiger partial charge in [-0.15, -0.1) is 0 Å². The van der Waals surface area contributed by atoms with Gasteiger partial charge in [0, 0.05) is 30.4 Å². The molecule has 0 bridgehead atoms. The molecule has 0 saturated carbocycles. The van der Waals surface area contributed by atoms with Crippen LogP contribution < -0.4 is 5.32 Å². The first kappa shape index (κ1) is 15.0. The third kappa shape index (κ3) is 3.57. The van der Waals surface area contributed by atoms with Crippen LogP contribution in [0, 0.1) is 0 Å². The summed E-state index contributed by atoms with van der Waals surface area (Å²) >= 11 is 0. The van der Waals surface area contributed by atoms with Gasteiger partial charge in [0.2, 0.25) is 0 Å². The van der Waals surface area contributed by atoms with Crippen LogP contribution >= 0.6 is 0 Å². The molecule has 1 heterocycles. The van der Waals surface area contributed by atoms with Gasteiger partial charge in [0.1, 0.15) is 6.17 Å². The smallest absolute Gasteiger partial charge is 0.118 e. The number of nitrogens with zero attached hydrogens (tertiary/aromatic N) is 2. The summed E-state index contributed by atoms with van der Waals surface area (Å²) in [5, 5.41) is 8.80. The second-order valence-corrected chi connectivity index (χ2v) is 6.21. The Morgan fingerprint density at radius 2 is 2.00 bits per heavy atom. The SMILES string of the molecule is CCn1nc(CC(F)CNC(C)(C)C)c2ccccc21. The average Bonchev–Trinajstić information content (AvgIpc) is 2.74. The highest BCUT2D eigenvalue weighted by molar-refractivity contribution is 5.82. The molecule has 1 aromatic heterocycles. The maximum atomic E-state index is 14.1. The first-order chi connectivity index (χ1) is 9.40. The summed E-state index contributed by atoms with van der Waals surface area (Å²) in [6, 6.07) is 8.03. The zero-order chi connectivity index (χ0) is 14.8. The fourth-order valence-corrected chi connectivity index (χ4v) is 2.29. The molecule has 4 heteroatoms. The molecule has 2 rings (SSSR count).